The molecule has 0 aromatic carbocycles. The van der Waals surface area contributed by atoms with Crippen LogP contribution in [0.1, 0.15) is 6.92 Å². The summed E-state index contributed by atoms with van der Waals surface area (Å²) in [4.78, 5) is 0. The molecule has 0 bridgehead atoms. The van der Waals surface area contributed by atoms with E-state index in [9.17, 15) is 0 Å². The van der Waals surface area contributed by atoms with Crippen molar-refractivity contribution in [3.63, 3.8) is 0 Å². The number of hydrogen-bond acceptors (Lipinski definition) is 1. The first-order valence-corrected chi connectivity index (χ1v) is 2.78. The molecule has 0 amide bonds. The predicted molar refractivity (Wildman–Crippen MR) is 41.9 cm³/mol. The van der Waals surface area contributed by atoms with Gasteiger partial charge < -0.3 is 5.41 Å². The summed E-state index contributed by atoms with van der Waals surface area (Å²) < 4.78 is 0. The van der Waals surface area contributed by atoms with E-state index in [1.54, 1.807) is 19.1 Å². The van der Waals surface area contributed by atoms with Crippen LogP contribution in [0.25, 0.3) is 0 Å². The number of hydrogen-bond donors (Lipinski definition) is 1. The first kappa shape index (κ1) is 7.89. The number of allylic oxidation sites excluding steroid dienone is 5. The smallest absolute Gasteiger partial charge is 0.0282 e. The Bertz CT molecular complexity index is 152. The number of rotatable bonds is 3. The summed E-state index contributed by atoms with van der Waals surface area (Å²) in [7, 11) is 0. The SMILES string of the molecule is C=C/C=C\C=CC(C)=N. The lowest BCUT2D eigenvalue weighted by atomic mass is 10.3. The molecule has 0 radical (unpaired) electrons. The summed E-state index contributed by atoms with van der Waals surface area (Å²) in [6, 6.07) is 0. The van der Waals surface area contributed by atoms with E-state index >= 15 is 0 Å². The molecule has 0 aromatic rings. The molecule has 0 heterocycles. The van der Waals surface area contributed by atoms with E-state index in [0.29, 0.717) is 5.71 Å². The van der Waals surface area contributed by atoms with Gasteiger partial charge >= 0.3 is 0 Å². The van der Waals surface area contributed by atoms with Crippen molar-refractivity contribution < 1.29 is 0 Å². The molecule has 0 rings (SSSR count). The third-order valence-electron chi connectivity index (χ3n) is 0.705. The summed E-state index contributed by atoms with van der Waals surface area (Å²) in [5, 5.41) is 6.98. The largest absolute Gasteiger partial charge is 0.306 e. The van der Waals surface area contributed by atoms with E-state index in [0.717, 1.165) is 0 Å². The fourth-order valence-electron chi connectivity index (χ4n) is 0.343. The summed E-state index contributed by atoms with van der Waals surface area (Å²) in [6.45, 7) is 5.24. The molecule has 0 unspecified atom stereocenters. The molecule has 0 aliphatic rings. The van der Waals surface area contributed by atoms with Gasteiger partial charge in [-0.1, -0.05) is 30.9 Å². The van der Waals surface area contributed by atoms with Gasteiger partial charge in [-0.2, -0.15) is 0 Å². The maximum absolute atomic E-state index is 6.98. The lowest BCUT2D eigenvalue weighted by Crippen LogP contribution is -1.75. The van der Waals surface area contributed by atoms with Crippen LogP contribution < -0.4 is 0 Å². The average molecular weight is 121 g/mol. The molecule has 0 aromatic heterocycles. The van der Waals surface area contributed by atoms with Gasteiger partial charge in [-0.25, -0.2) is 0 Å². The van der Waals surface area contributed by atoms with Crippen LogP contribution in [0, 0.1) is 5.41 Å². The summed E-state index contributed by atoms with van der Waals surface area (Å²) >= 11 is 0. The van der Waals surface area contributed by atoms with Gasteiger partial charge in [0, 0.05) is 5.71 Å². The Morgan fingerprint density at radius 3 is 2.44 bits per heavy atom. The van der Waals surface area contributed by atoms with E-state index in [1.807, 2.05) is 18.2 Å². The first-order chi connectivity index (χ1) is 4.27. The van der Waals surface area contributed by atoms with Gasteiger partial charge in [-0.05, 0) is 13.0 Å². The van der Waals surface area contributed by atoms with Crippen LogP contribution in [0.3, 0.4) is 0 Å². The lowest BCUT2D eigenvalue weighted by molar-refractivity contribution is 1.50. The molecule has 48 valence electrons. The summed E-state index contributed by atoms with van der Waals surface area (Å²) in [5.74, 6) is 0. The highest BCUT2D eigenvalue weighted by Gasteiger charge is 1.69. The van der Waals surface area contributed by atoms with Crippen molar-refractivity contribution in [2.75, 3.05) is 0 Å². The van der Waals surface area contributed by atoms with Crippen molar-refractivity contribution >= 4 is 5.71 Å². The molecule has 0 aliphatic carbocycles. The van der Waals surface area contributed by atoms with Gasteiger partial charge in [0.1, 0.15) is 0 Å². The van der Waals surface area contributed by atoms with E-state index < -0.39 is 0 Å². The minimum Gasteiger partial charge on any atom is -0.306 e. The lowest BCUT2D eigenvalue weighted by Gasteiger charge is -1.76. The first-order valence-electron chi connectivity index (χ1n) is 2.78. The van der Waals surface area contributed by atoms with Gasteiger partial charge in [0.05, 0.1) is 0 Å². The fourth-order valence-corrected chi connectivity index (χ4v) is 0.343. The molecule has 1 N–H and O–H groups in total. The van der Waals surface area contributed by atoms with Crippen LogP contribution in [0.2, 0.25) is 0 Å². The van der Waals surface area contributed by atoms with Crippen molar-refractivity contribution in [3.05, 3.63) is 37.0 Å². The van der Waals surface area contributed by atoms with Crippen LogP contribution in [0.4, 0.5) is 0 Å². The molecule has 0 fully saturated rings. The Hall–Kier alpha value is -1.11. The second-order valence-corrected chi connectivity index (χ2v) is 1.66. The topological polar surface area (TPSA) is 23.9 Å². The van der Waals surface area contributed by atoms with E-state index in [-0.39, 0.29) is 0 Å². The van der Waals surface area contributed by atoms with E-state index in [1.165, 1.54) is 0 Å². The predicted octanol–water partition coefficient (Wildman–Crippen LogP) is 2.32. The highest BCUT2D eigenvalue weighted by Crippen LogP contribution is 1.78. The Balaban J connectivity index is 3.59. The van der Waals surface area contributed by atoms with Crippen LogP contribution in [0.15, 0.2) is 37.0 Å². The zero-order valence-electron chi connectivity index (χ0n) is 5.59. The summed E-state index contributed by atoms with van der Waals surface area (Å²) in [6.07, 6.45) is 8.89. The Kier molecular flexibility index (Phi) is 4.41. The van der Waals surface area contributed by atoms with E-state index in [2.05, 4.69) is 6.58 Å². The normalized spacial score (nSPS) is 10.8. The Labute approximate surface area is 55.9 Å². The standard InChI is InChI=1S/C8H11N/c1-3-4-5-6-7-8(2)9/h3-7,9H,1H2,2H3/b5-4-,7-6?,9-8?. The zero-order chi connectivity index (χ0) is 7.11. The van der Waals surface area contributed by atoms with Crippen LogP contribution in [-0.2, 0) is 0 Å². The van der Waals surface area contributed by atoms with Gasteiger partial charge in [-0.3, -0.25) is 0 Å². The van der Waals surface area contributed by atoms with Crippen molar-refractivity contribution in [3.8, 4) is 0 Å². The van der Waals surface area contributed by atoms with Crippen LogP contribution in [0.5, 0.6) is 0 Å². The maximum atomic E-state index is 6.98. The molecule has 0 aliphatic heterocycles. The molecule has 1 nitrogen and oxygen atoms in total. The van der Waals surface area contributed by atoms with Crippen molar-refractivity contribution in [1.29, 1.82) is 5.41 Å². The second kappa shape index (κ2) is 5.04. The third-order valence-corrected chi connectivity index (χ3v) is 0.705. The summed E-state index contributed by atoms with van der Waals surface area (Å²) in [5.41, 5.74) is 0.559. The quantitative estimate of drug-likeness (QED) is 0.437. The molecular weight excluding hydrogens is 110 g/mol. The molecule has 0 saturated heterocycles. The fraction of sp³-hybridized carbons (Fsp3) is 0.125. The van der Waals surface area contributed by atoms with Gasteiger partial charge in [0.15, 0.2) is 0 Å². The van der Waals surface area contributed by atoms with Gasteiger partial charge in [0.25, 0.3) is 0 Å². The molecular formula is C8H11N. The van der Waals surface area contributed by atoms with Gasteiger partial charge in [-0.15, -0.1) is 0 Å². The molecule has 0 atom stereocenters. The number of nitrogens with one attached hydrogen (secondary N) is 1. The molecule has 0 saturated carbocycles. The molecule has 1 heteroatoms. The second-order valence-electron chi connectivity index (χ2n) is 1.66. The van der Waals surface area contributed by atoms with Crippen molar-refractivity contribution in [1.82, 2.24) is 0 Å². The zero-order valence-corrected chi connectivity index (χ0v) is 5.59. The molecule has 9 heavy (non-hydrogen) atoms. The Morgan fingerprint density at radius 2 is 2.00 bits per heavy atom. The minimum absolute atomic E-state index is 0.559. The molecule has 0 spiro atoms. The monoisotopic (exact) mass is 121 g/mol. The third kappa shape index (κ3) is 6.89. The maximum Gasteiger partial charge on any atom is 0.0282 e. The van der Waals surface area contributed by atoms with Crippen LogP contribution in [-0.4, -0.2) is 5.71 Å². The van der Waals surface area contributed by atoms with Crippen molar-refractivity contribution in [2.24, 2.45) is 0 Å². The minimum atomic E-state index is 0.559. The van der Waals surface area contributed by atoms with Crippen LogP contribution >= 0.6 is 0 Å². The Morgan fingerprint density at radius 1 is 1.33 bits per heavy atom. The average Bonchev–Trinajstić information content (AvgIpc) is 1.80. The highest BCUT2D eigenvalue weighted by atomic mass is 14.4. The van der Waals surface area contributed by atoms with Gasteiger partial charge in [0.2, 0.25) is 0 Å². The van der Waals surface area contributed by atoms with Crippen molar-refractivity contribution in [2.45, 2.75) is 6.92 Å². The van der Waals surface area contributed by atoms with E-state index in [4.69, 9.17) is 5.41 Å². The highest BCUT2D eigenvalue weighted by molar-refractivity contribution is 5.90.